The first kappa shape index (κ1) is 17.9. The molecule has 2 N–H and O–H groups in total. The van der Waals surface area contributed by atoms with Crippen LogP contribution in [0.25, 0.3) is 0 Å². The number of likely N-dealkylation sites (tertiary alicyclic amines) is 1. The smallest absolute Gasteiger partial charge is 0.0615 e. The van der Waals surface area contributed by atoms with E-state index in [0.717, 1.165) is 25.6 Å². The summed E-state index contributed by atoms with van der Waals surface area (Å²) in [7, 11) is 1.78. The molecular weight excluding hydrogens is 250 g/mol. The lowest BCUT2D eigenvalue weighted by Gasteiger charge is -2.50. The molecule has 1 rings (SSSR count). The van der Waals surface area contributed by atoms with E-state index in [0.29, 0.717) is 6.04 Å². The van der Waals surface area contributed by atoms with Gasteiger partial charge in [0.15, 0.2) is 0 Å². The molecule has 0 bridgehead atoms. The molecule has 0 aromatic heterocycles. The zero-order chi connectivity index (χ0) is 15.2. The third-order valence-corrected chi connectivity index (χ3v) is 4.68. The van der Waals surface area contributed by atoms with E-state index in [1.807, 2.05) is 0 Å². The van der Waals surface area contributed by atoms with E-state index in [4.69, 9.17) is 10.5 Å². The Bertz CT molecular complexity index is 262. The van der Waals surface area contributed by atoms with Crippen molar-refractivity contribution >= 4 is 0 Å². The molecule has 1 heterocycles. The standard InChI is InChI=1S/C16H35N3O/c1-6-19(15(4)12-20-5)16(13-17)7-9-18(10-8-16)11-14(2)3/h14-15H,6-13,17H2,1-5H3. The molecule has 0 amide bonds. The molecule has 20 heavy (non-hydrogen) atoms. The van der Waals surface area contributed by atoms with E-state index >= 15 is 0 Å². The number of hydrogen-bond donors (Lipinski definition) is 1. The fourth-order valence-electron chi connectivity index (χ4n) is 3.72. The summed E-state index contributed by atoms with van der Waals surface area (Å²) < 4.78 is 5.35. The van der Waals surface area contributed by atoms with E-state index in [9.17, 15) is 0 Å². The largest absolute Gasteiger partial charge is 0.383 e. The van der Waals surface area contributed by atoms with Crippen molar-refractivity contribution in [3.05, 3.63) is 0 Å². The van der Waals surface area contributed by atoms with Crippen molar-refractivity contribution in [3.8, 4) is 0 Å². The van der Waals surface area contributed by atoms with Gasteiger partial charge in [0, 0.05) is 31.8 Å². The van der Waals surface area contributed by atoms with Gasteiger partial charge < -0.3 is 15.4 Å². The second-order valence-electron chi connectivity index (χ2n) is 6.71. The molecule has 0 radical (unpaired) electrons. The zero-order valence-electron chi connectivity index (χ0n) is 14.2. The van der Waals surface area contributed by atoms with Crippen LogP contribution in [0.4, 0.5) is 0 Å². The molecule has 1 aliphatic rings. The molecule has 1 atom stereocenters. The highest BCUT2D eigenvalue weighted by molar-refractivity contribution is 4.97. The van der Waals surface area contributed by atoms with Gasteiger partial charge in [-0.1, -0.05) is 20.8 Å². The van der Waals surface area contributed by atoms with Crippen LogP contribution >= 0.6 is 0 Å². The zero-order valence-corrected chi connectivity index (χ0v) is 14.2. The van der Waals surface area contributed by atoms with Crippen molar-refractivity contribution in [1.82, 2.24) is 9.80 Å². The minimum atomic E-state index is 0.167. The van der Waals surface area contributed by atoms with Crippen LogP contribution in [0.15, 0.2) is 0 Å². The average Bonchev–Trinajstić information content (AvgIpc) is 2.41. The number of likely N-dealkylation sites (N-methyl/N-ethyl adjacent to an activating group) is 1. The number of hydrogen-bond acceptors (Lipinski definition) is 4. The van der Waals surface area contributed by atoms with E-state index in [1.54, 1.807) is 7.11 Å². The maximum atomic E-state index is 6.19. The normalized spacial score (nSPS) is 21.6. The monoisotopic (exact) mass is 285 g/mol. The van der Waals surface area contributed by atoms with Crippen molar-refractivity contribution in [2.45, 2.75) is 52.1 Å². The Morgan fingerprint density at radius 2 is 1.85 bits per heavy atom. The molecule has 120 valence electrons. The van der Waals surface area contributed by atoms with Crippen molar-refractivity contribution in [3.63, 3.8) is 0 Å². The predicted molar refractivity (Wildman–Crippen MR) is 86.0 cm³/mol. The fourth-order valence-corrected chi connectivity index (χ4v) is 3.72. The highest BCUT2D eigenvalue weighted by Gasteiger charge is 2.40. The topological polar surface area (TPSA) is 41.7 Å². The minimum absolute atomic E-state index is 0.167. The van der Waals surface area contributed by atoms with Crippen LogP contribution in [0.5, 0.6) is 0 Å². The third-order valence-electron chi connectivity index (χ3n) is 4.68. The van der Waals surface area contributed by atoms with Crippen LogP contribution in [-0.2, 0) is 4.74 Å². The molecule has 0 aliphatic carbocycles. The summed E-state index contributed by atoms with van der Waals surface area (Å²) >= 11 is 0. The summed E-state index contributed by atoms with van der Waals surface area (Å²) in [6, 6.07) is 0.435. The summed E-state index contributed by atoms with van der Waals surface area (Å²) in [4.78, 5) is 5.16. The third kappa shape index (κ3) is 4.42. The Kier molecular flexibility index (Phi) is 7.45. The molecule has 0 aromatic carbocycles. The van der Waals surface area contributed by atoms with Gasteiger partial charge in [-0.15, -0.1) is 0 Å². The van der Waals surface area contributed by atoms with Gasteiger partial charge in [0.2, 0.25) is 0 Å². The Labute approximate surface area is 125 Å². The lowest BCUT2D eigenvalue weighted by Crippen LogP contribution is -2.62. The van der Waals surface area contributed by atoms with Gasteiger partial charge in [0.25, 0.3) is 0 Å². The molecule has 1 saturated heterocycles. The SMILES string of the molecule is CCN(C(C)COC)C1(CN)CCN(CC(C)C)CC1. The van der Waals surface area contributed by atoms with Gasteiger partial charge in [-0.25, -0.2) is 0 Å². The summed E-state index contributed by atoms with van der Waals surface area (Å²) in [6.45, 7) is 15.2. The van der Waals surface area contributed by atoms with Gasteiger partial charge >= 0.3 is 0 Å². The van der Waals surface area contributed by atoms with E-state index in [-0.39, 0.29) is 5.54 Å². The van der Waals surface area contributed by atoms with Crippen LogP contribution < -0.4 is 5.73 Å². The molecule has 1 aliphatic heterocycles. The first-order chi connectivity index (χ1) is 9.49. The molecule has 1 fully saturated rings. The first-order valence-corrected chi connectivity index (χ1v) is 8.17. The van der Waals surface area contributed by atoms with E-state index in [2.05, 4.69) is 37.5 Å². The van der Waals surface area contributed by atoms with Gasteiger partial charge in [-0.05, 0) is 45.3 Å². The number of piperidine rings is 1. The number of methoxy groups -OCH3 is 1. The van der Waals surface area contributed by atoms with Crippen LogP contribution in [0.3, 0.4) is 0 Å². The van der Waals surface area contributed by atoms with Gasteiger partial charge in [-0.3, -0.25) is 4.90 Å². The second-order valence-corrected chi connectivity index (χ2v) is 6.71. The van der Waals surface area contributed by atoms with Crippen molar-refractivity contribution in [2.75, 3.05) is 46.4 Å². The lowest BCUT2D eigenvalue weighted by molar-refractivity contribution is -0.0188. The Morgan fingerprint density at radius 3 is 2.25 bits per heavy atom. The highest BCUT2D eigenvalue weighted by atomic mass is 16.5. The Morgan fingerprint density at radius 1 is 1.25 bits per heavy atom. The van der Waals surface area contributed by atoms with Crippen molar-refractivity contribution < 1.29 is 4.74 Å². The molecule has 4 heteroatoms. The summed E-state index contributed by atoms with van der Waals surface area (Å²) in [5.74, 6) is 0.745. The number of nitrogens with zero attached hydrogens (tertiary/aromatic N) is 2. The minimum Gasteiger partial charge on any atom is -0.383 e. The first-order valence-electron chi connectivity index (χ1n) is 8.17. The van der Waals surface area contributed by atoms with E-state index < -0.39 is 0 Å². The van der Waals surface area contributed by atoms with E-state index in [1.165, 1.54) is 32.5 Å². The molecule has 0 saturated carbocycles. The molecule has 0 spiro atoms. The van der Waals surface area contributed by atoms with Gasteiger partial charge in [-0.2, -0.15) is 0 Å². The van der Waals surface area contributed by atoms with Crippen LogP contribution in [0.2, 0.25) is 0 Å². The maximum Gasteiger partial charge on any atom is 0.0615 e. The predicted octanol–water partition coefficient (Wildman–Crippen LogP) is 1.79. The van der Waals surface area contributed by atoms with Crippen LogP contribution in [-0.4, -0.2) is 67.8 Å². The molecule has 1 unspecified atom stereocenters. The quantitative estimate of drug-likeness (QED) is 0.738. The van der Waals surface area contributed by atoms with Crippen LogP contribution in [0, 0.1) is 5.92 Å². The summed E-state index contributed by atoms with van der Waals surface area (Å²) in [5, 5.41) is 0. The average molecular weight is 285 g/mol. The highest BCUT2D eigenvalue weighted by Crippen LogP contribution is 2.30. The van der Waals surface area contributed by atoms with Gasteiger partial charge in [0.1, 0.15) is 0 Å². The number of ether oxygens (including phenoxy) is 1. The fraction of sp³-hybridized carbons (Fsp3) is 1.00. The number of nitrogens with two attached hydrogens (primary N) is 1. The van der Waals surface area contributed by atoms with Crippen molar-refractivity contribution in [1.29, 1.82) is 0 Å². The van der Waals surface area contributed by atoms with Crippen molar-refractivity contribution in [2.24, 2.45) is 11.7 Å². The molecule has 4 nitrogen and oxygen atoms in total. The second kappa shape index (κ2) is 8.32. The summed E-state index contributed by atoms with van der Waals surface area (Å²) in [5.41, 5.74) is 6.36. The maximum absolute atomic E-state index is 6.19. The summed E-state index contributed by atoms with van der Waals surface area (Å²) in [6.07, 6.45) is 2.36. The Balaban J connectivity index is 2.68. The number of rotatable bonds is 8. The lowest BCUT2D eigenvalue weighted by atomic mass is 9.84. The van der Waals surface area contributed by atoms with Gasteiger partial charge in [0.05, 0.1) is 6.61 Å². The Hall–Kier alpha value is -0.160. The molecular formula is C16H35N3O. The molecule has 0 aromatic rings. The van der Waals surface area contributed by atoms with Crippen LogP contribution in [0.1, 0.15) is 40.5 Å².